The zero-order chi connectivity index (χ0) is 42.7. The Kier molecular flexibility index (Phi) is 12.8. The highest BCUT2D eigenvalue weighted by atomic mass is 32.1. The second-order valence-electron chi connectivity index (χ2n) is 17.2. The number of thiazole rings is 1. The lowest BCUT2D eigenvalue weighted by Crippen LogP contribution is -2.57. The number of piperidine rings is 1. The fourth-order valence-corrected chi connectivity index (χ4v) is 9.13. The fraction of sp³-hybridized carbons (Fsp3) is 0.477. The summed E-state index contributed by atoms with van der Waals surface area (Å²) in [4.78, 5) is 50.4. The number of likely N-dealkylation sites (tertiary alicyclic amines) is 2. The van der Waals surface area contributed by atoms with E-state index in [-0.39, 0.29) is 54.9 Å². The zero-order valence-corrected chi connectivity index (χ0v) is 35.8. The van der Waals surface area contributed by atoms with Gasteiger partial charge in [0.25, 0.3) is 0 Å². The number of aromatic hydroxyl groups is 1. The van der Waals surface area contributed by atoms with Gasteiger partial charge in [0.1, 0.15) is 17.8 Å². The molecule has 5 aromatic rings. The minimum atomic E-state index is -0.877. The molecule has 16 heteroatoms. The van der Waals surface area contributed by atoms with Crippen molar-refractivity contribution in [2.75, 3.05) is 31.9 Å². The third-order valence-electron chi connectivity index (χ3n) is 11.8. The number of aromatic nitrogens is 5. The normalized spacial score (nSPS) is 18.7. The van der Waals surface area contributed by atoms with Crippen molar-refractivity contribution in [3.05, 3.63) is 71.4 Å². The number of carbonyl (C=O) groups is 3. The summed E-state index contributed by atoms with van der Waals surface area (Å²) in [5.41, 5.74) is 12.8. The molecule has 60 heavy (non-hydrogen) atoms. The minimum Gasteiger partial charge on any atom is -0.507 e. The second kappa shape index (κ2) is 18.0. The van der Waals surface area contributed by atoms with Crippen LogP contribution in [0.4, 0.5) is 5.82 Å². The van der Waals surface area contributed by atoms with E-state index in [0.29, 0.717) is 29.0 Å². The van der Waals surface area contributed by atoms with Crippen LogP contribution in [0.25, 0.3) is 32.7 Å². The van der Waals surface area contributed by atoms with E-state index in [1.807, 2.05) is 81.2 Å². The molecule has 4 atom stereocenters. The highest BCUT2D eigenvalue weighted by Crippen LogP contribution is 2.33. The standard InChI is InChI=1S/C44H56N10O5S/c1-26(28-13-15-29(16-14-28)39-27(2)46-25-60-39)47-42(58)35-22-31(55)24-53(35)43(59)40(44(3,4)5)48-37(57)12-8-9-19-52-20-17-30(18-21-52)54-34-23-33(32-10-6-7-11-36(32)56)49-50-38(34)41(45)51-54/h6-7,10-11,13-16,23,25-26,30-31,35,40,55-56H,8-9,12,17-22,24H2,1-5H3,(H2,45,51)(H,47,58)(H,48,57)/t26-,31+,35-,40+/m0/s1. The van der Waals surface area contributed by atoms with Gasteiger partial charge in [0.15, 0.2) is 11.3 Å². The van der Waals surface area contributed by atoms with Crippen molar-refractivity contribution in [2.24, 2.45) is 5.41 Å². The molecule has 0 radical (unpaired) electrons. The summed E-state index contributed by atoms with van der Waals surface area (Å²) in [6.45, 7) is 12.1. The maximum Gasteiger partial charge on any atom is 0.246 e. The fourth-order valence-electron chi connectivity index (χ4n) is 8.31. The molecule has 15 nitrogen and oxygen atoms in total. The van der Waals surface area contributed by atoms with Crippen molar-refractivity contribution in [1.29, 1.82) is 0 Å². The Labute approximate surface area is 354 Å². The number of carbonyl (C=O) groups excluding carboxylic acids is 3. The number of hydrogen-bond donors (Lipinski definition) is 5. The van der Waals surface area contributed by atoms with Crippen LogP contribution in [0.1, 0.15) is 89.6 Å². The van der Waals surface area contributed by atoms with Crippen LogP contribution in [-0.4, -0.2) is 107 Å². The van der Waals surface area contributed by atoms with Crippen molar-refractivity contribution in [1.82, 2.24) is 45.4 Å². The van der Waals surface area contributed by atoms with Crippen LogP contribution in [0.15, 0.2) is 60.1 Å². The summed E-state index contributed by atoms with van der Waals surface area (Å²) in [6.07, 6.45) is 2.74. The third-order valence-corrected chi connectivity index (χ3v) is 12.7. The van der Waals surface area contributed by atoms with Gasteiger partial charge in [-0.2, -0.15) is 5.10 Å². The molecule has 7 rings (SSSR count). The van der Waals surface area contributed by atoms with E-state index in [0.717, 1.165) is 66.1 Å². The van der Waals surface area contributed by atoms with Crippen LogP contribution in [-0.2, 0) is 14.4 Å². The number of phenolic OH excluding ortho intramolecular Hbond substituents is 1. The van der Waals surface area contributed by atoms with E-state index < -0.39 is 23.6 Å². The molecule has 3 amide bonds. The Morgan fingerprint density at radius 1 is 1.02 bits per heavy atom. The molecule has 2 saturated heterocycles. The number of benzene rings is 2. The number of para-hydroxylation sites is 1. The number of nitrogen functional groups attached to an aromatic ring is 1. The van der Waals surface area contributed by atoms with Gasteiger partial charge in [-0.05, 0) is 80.8 Å². The number of fused-ring (bicyclic) bond motifs is 1. The van der Waals surface area contributed by atoms with Crippen LogP contribution in [0.5, 0.6) is 5.75 Å². The van der Waals surface area contributed by atoms with E-state index in [4.69, 9.17) is 5.73 Å². The van der Waals surface area contributed by atoms with Crippen molar-refractivity contribution >= 4 is 45.9 Å². The molecule has 318 valence electrons. The molecule has 3 aromatic heterocycles. The highest BCUT2D eigenvalue weighted by Gasteiger charge is 2.44. The first kappa shape index (κ1) is 42.7. The predicted molar refractivity (Wildman–Crippen MR) is 232 cm³/mol. The van der Waals surface area contributed by atoms with E-state index >= 15 is 0 Å². The molecule has 0 bridgehead atoms. The van der Waals surface area contributed by atoms with Gasteiger partial charge in [-0.15, -0.1) is 21.5 Å². The molecule has 6 N–H and O–H groups in total. The maximum absolute atomic E-state index is 14.1. The minimum absolute atomic E-state index is 0.0186. The first-order chi connectivity index (χ1) is 28.7. The highest BCUT2D eigenvalue weighted by molar-refractivity contribution is 7.13. The molecule has 0 spiro atoms. The van der Waals surface area contributed by atoms with Crippen LogP contribution < -0.4 is 16.4 Å². The van der Waals surface area contributed by atoms with E-state index in [1.165, 1.54) is 4.90 Å². The monoisotopic (exact) mass is 836 g/mol. The molecule has 0 unspecified atom stereocenters. The molecule has 2 fully saturated rings. The van der Waals surface area contributed by atoms with Gasteiger partial charge in [-0.1, -0.05) is 57.2 Å². The second-order valence-corrected chi connectivity index (χ2v) is 18.1. The lowest BCUT2D eigenvalue weighted by atomic mass is 9.85. The van der Waals surface area contributed by atoms with Gasteiger partial charge in [0, 0.05) is 38.0 Å². The number of amides is 3. The van der Waals surface area contributed by atoms with Gasteiger partial charge < -0.3 is 36.4 Å². The molecular weight excluding hydrogens is 781 g/mol. The lowest BCUT2D eigenvalue weighted by molar-refractivity contribution is -0.144. The third kappa shape index (κ3) is 9.45. The summed E-state index contributed by atoms with van der Waals surface area (Å²) < 4.78 is 1.95. The first-order valence-corrected chi connectivity index (χ1v) is 21.7. The predicted octanol–water partition coefficient (Wildman–Crippen LogP) is 5.39. The molecule has 5 heterocycles. The summed E-state index contributed by atoms with van der Waals surface area (Å²) in [7, 11) is 0. The Morgan fingerprint density at radius 2 is 1.75 bits per heavy atom. The van der Waals surface area contributed by atoms with Crippen LogP contribution in [0, 0.1) is 12.3 Å². The van der Waals surface area contributed by atoms with Crippen molar-refractivity contribution < 1.29 is 24.6 Å². The quantitative estimate of drug-likeness (QED) is 0.0952. The molecule has 2 aliphatic rings. The first-order valence-electron chi connectivity index (χ1n) is 20.8. The van der Waals surface area contributed by atoms with Gasteiger partial charge in [0.2, 0.25) is 17.7 Å². The van der Waals surface area contributed by atoms with E-state index in [2.05, 4.69) is 35.8 Å². The average molecular weight is 837 g/mol. The van der Waals surface area contributed by atoms with Crippen LogP contribution in [0.3, 0.4) is 0 Å². The number of aryl methyl sites for hydroxylation is 1. The summed E-state index contributed by atoms with van der Waals surface area (Å²) in [5.74, 6) is -0.481. The van der Waals surface area contributed by atoms with Crippen molar-refractivity contribution in [3.63, 3.8) is 0 Å². The molecule has 0 saturated carbocycles. The smallest absolute Gasteiger partial charge is 0.246 e. The van der Waals surface area contributed by atoms with Crippen molar-refractivity contribution in [2.45, 2.75) is 103 Å². The number of nitrogens with one attached hydrogen (secondary N) is 2. The number of nitrogens with zero attached hydrogens (tertiary/aromatic N) is 7. The summed E-state index contributed by atoms with van der Waals surface area (Å²) in [6, 6.07) is 14.9. The zero-order valence-electron chi connectivity index (χ0n) is 35.0. The largest absolute Gasteiger partial charge is 0.507 e. The molecule has 2 aromatic carbocycles. The van der Waals surface area contributed by atoms with Gasteiger partial charge in [-0.3, -0.25) is 19.1 Å². The van der Waals surface area contributed by atoms with Crippen molar-refractivity contribution in [3.8, 4) is 27.4 Å². The Balaban J connectivity index is 0.887. The number of unbranched alkanes of at least 4 members (excludes halogenated alkanes) is 1. The number of hydrogen-bond acceptors (Lipinski definition) is 12. The van der Waals surface area contributed by atoms with Crippen LogP contribution >= 0.6 is 11.3 Å². The van der Waals surface area contributed by atoms with E-state index in [9.17, 15) is 24.6 Å². The SMILES string of the molecule is Cc1ncsc1-c1ccc([C@H](C)NC(=O)[C@@H]2C[C@@H](O)CN2C(=O)[C@@H](NC(=O)CCCCN2CCC(n3nc(N)c4nnc(-c5ccccc5O)cc43)CC2)C(C)(C)C)cc1. The van der Waals surface area contributed by atoms with Gasteiger partial charge >= 0.3 is 0 Å². The Hall–Kier alpha value is -5.45. The number of aliphatic hydroxyl groups is 1. The Morgan fingerprint density at radius 3 is 2.43 bits per heavy atom. The van der Waals surface area contributed by atoms with Gasteiger partial charge in [-0.25, -0.2) is 4.98 Å². The number of aliphatic hydroxyl groups excluding tert-OH is 1. The average Bonchev–Trinajstić information content (AvgIpc) is 3.94. The summed E-state index contributed by atoms with van der Waals surface area (Å²) in [5, 5.41) is 40.3. The number of anilines is 1. The lowest BCUT2D eigenvalue weighted by Gasteiger charge is -2.35. The molecule has 0 aliphatic carbocycles. The van der Waals surface area contributed by atoms with E-state index in [1.54, 1.807) is 29.5 Å². The summed E-state index contributed by atoms with van der Waals surface area (Å²) >= 11 is 1.58. The Bertz CT molecular complexity index is 2310. The number of β-amino-alcohol motifs (C(OH)–C–C–N with tert-alkyl or cyclic N) is 1. The topological polar surface area (TPSA) is 205 Å². The number of phenols is 1. The van der Waals surface area contributed by atoms with Gasteiger partial charge in [0.05, 0.1) is 45.5 Å². The number of nitrogens with two attached hydrogens (primary N) is 1. The molecule has 2 aliphatic heterocycles. The molecular formula is C44H56N10O5S. The maximum atomic E-state index is 14.1. The number of rotatable bonds is 13. The van der Waals surface area contributed by atoms with Crippen LogP contribution in [0.2, 0.25) is 0 Å².